The van der Waals surface area contributed by atoms with E-state index in [1.807, 2.05) is 19.1 Å². The zero-order chi connectivity index (χ0) is 13.1. The van der Waals surface area contributed by atoms with Crippen LogP contribution >= 0.6 is 15.9 Å². The molecule has 2 rings (SSSR count). The van der Waals surface area contributed by atoms with E-state index in [9.17, 15) is 4.39 Å². The van der Waals surface area contributed by atoms with E-state index in [0.717, 1.165) is 10.2 Å². The Bertz CT molecular complexity index is 542. The Kier molecular flexibility index (Phi) is 4.16. The van der Waals surface area contributed by atoms with Crippen molar-refractivity contribution in [1.82, 2.24) is 5.43 Å². The zero-order valence-corrected chi connectivity index (χ0v) is 11.5. The molecule has 5 heteroatoms. The van der Waals surface area contributed by atoms with Gasteiger partial charge in [-0.1, -0.05) is 22.0 Å². The van der Waals surface area contributed by atoms with Crippen LogP contribution in [0.15, 0.2) is 39.2 Å². The molecule has 0 radical (unpaired) electrons. The number of nitrogens with one attached hydrogen (secondary N) is 1. The smallest absolute Gasteiger partial charge is 0.127 e. The number of hydrazine groups is 1. The van der Waals surface area contributed by atoms with E-state index in [4.69, 9.17) is 10.3 Å². The highest BCUT2D eigenvalue weighted by Gasteiger charge is 2.16. The molecule has 0 aliphatic heterocycles. The molecule has 0 bridgehead atoms. The maximum absolute atomic E-state index is 13.7. The molecule has 0 aliphatic carbocycles. The van der Waals surface area contributed by atoms with E-state index in [-0.39, 0.29) is 11.9 Å². The number of hydrogen-bond donors (Lipinski definition) is 2. The van der Waals surface area contributed by atoms with Gasteiger partial charge in [0.25, 0.3) is 0 Å². The van der Waals surface area contributed by atoms with Crippen LogP contribution in [-0.2, 0) is 6.42 Å². The molecule has 0 amide bonds. The quantitative estimate of drug-likeness (QED) is 0.673. The van der Waals surface area contributed by atoms with Crippen molar-refractivity contribution in [3.63, 3.8) is 0 Å². The fourth-order valence-corrected chi connectivity index (χ4v) is 2.12. The molecule has 2 aromatic rings. The normalized spacial score (nSPS) is 12.7. The summed E-state index contributed by atoms with van der Waals surface area (Å²) >= 11 is 3.23. The number of halogens is 2. The summed E-state index contributed by atoms with van der Waals surface area (Å²) in [6, 6.07) is 8.44. The largest absolute Gasteiger partial charge is 0.465 e. The number of furan rings is 1. The second-order valence-corrected chi connectivity index (χ2v) is 5.02. The first-order valence-corrected chi connectivity index (χ1v) is 6.36. The van der Waals surface area contributed by atoms with E-state index in [0.29, 0.717) is 17.7 Å². The monoisotopic (exact) mass is 312 g/mol. The minimum Gasteiger partial charge on any atom is -0.465 e. The number of aryl methyl sites for hydroxylation is 1. The molecule has 0 saturated heterocycles. The van der Waals surface area contributed by atoms with Gasteiger partial charge in [-0.15, -0.1) is 0 Å². The summed E-state index contributed by atoms with van der Waals surface area (Å²) in [5.74, 6) is 6.76. The third-order valence-electron chi connectivity index (χ3n) is 2.74. The first-order valence-electron chi connectivity index (χ1n) is 5.56. The predicted octanol–water partition coefficient (Wildman–Crippen LogP) is 3.24. The van der Waals surface area contributed by atoms with Crippen LogP contribution in [0.25, 0.3) is 0 Å². The minimum absolute atomic E-state index is 0.241. The number of nitrogens with two attached hydrogens (primary N) is 1. The Balaban J connectivity index is 2.20. The molecule has 1 aromatic heterocycles. The molecule has 0 fully saturated rings. The van der Waals surface area contributed by atoms with E-state index in [1.165, 1.54) is 6.07 Å². The number of rotatable bonds is 4. The van der Waals surface area contributed by atoms with Crippen LogP contribution < -0.4 is 11.3 Å². The second kappa shape index (κ2) is 5.65. The van der Waals surface area contributed by atoms with Crippen LogP contribution in [-0.4, -0.2) is 0 Å². The van der Waals surface area contributed by atoms with Gasteiger partial charge in [0, 0.05) is 4.47 Å². The third-order valence-corrected chi connectivity index (χ3v) is 3.24. The van der Waals surface area contributed by atoms with Gasteiger partial charge in [-0.05, 0) is 43.2 Å². The molecule has 3 N–H and O–H groups in total. The van der Waals surface area contributed by atoms with Crippen molar-refractivity contribution in [2.45, 2.75) is 19.4 Å². The van der Waals surface area contributed by atoms with Crippen LogP contribution in [0, 0.1) is 12.7 Å². The fourth-order valence-electron chi connectivity index (χ4n) is 1.79. The molecule has 0 spiro atoms. The van der Waals surface area contributed by atoms with Gasteiger partial charge in [-0.2, -0.15) is 0 Å². The first-order chi connectivity index (χ1) is 8.60. The highest BCUT2D eigenvalue weighted by molar-refractivity contribution is 9.10. The van der Waals surface area contributed by atoms with Crippen molar-refractivity contribution in [3.8, 4) is 0 Å². The highest BCUT2D eigenvalue weighted by atomic mass is 79.9. The predicted molar refractivity (Wildman–Crippen MR) is 71.3 cm³/mol. The van der Waals surface area contributed by atoms with Crippen molar-refractivity contribution < 1.29 is 8.81 Å². The molecule has 1 aromatic carbocycles. The second-order valence-electron chi connectivity index (χ2n) is 4.11. The Labute approximate surface area is 113 Å². The molecular formula is C13H14BrFN2O. The summed E-state index contributed by atoms with van der Waals surface area (Å²) in [5, 5.41) is 0. The average Bonchev–Trinajstić information content (AvgIpc) is 2.75. The third kappa shape index (κ3) is 2.98. The Morgan fingerprint density at radius 3 is 2.72 bits per heavy atom. The molecule has 1 atom stereocenters. The molecule has 18 heavy (non-hydrogen) atoms. The van der Waals surface area contributed by atoms with Gasteiger partial charge >= 0.3 is 0 Å². The van der Waals surface area contributed by atoms with Crippen molar-refractivity contribution >= 4 is 15.9 Å². The number of hydrogen-bond acceptors (Lipinski definition) is 3. The molecule has 1 heterocycles. The molecule has 3 nitrogen and oxygen atoms in total. The summed E-state index contributed by atoms with van der Waals surface area (Å²) in [6.07, 6.45) is 0.433. The maximum Gasteiger partial charge on any atom is 0.127 e. The van der Waals surface area contributed by atoms with E-state index in [1.54, 1.807) is 12.1 Å². The van der Waals surface area contributed by atoms with Crippen LogP contribution in [0.3, 0.4) is 0 Å². The summed E-state index contributed by atoms with van der Waals surface area (Å²) in [7, 11) is 0. The highest BCUT2D eigenvalue weighted by Crippen LogP contribution is 2.23. The van der Waals surface area contributed by atoms with Gasteiger partial charge in [0.1, 0.15) is 17.3 Å². The van der Waals surface area contributed by atoms with Crippen molar-refractivity contribution in [2.75, 3.05) is 0 Å². The van der Waals surface area contributed by atoms with Crippen molar-refractivity contribution in [1.29, 1.82) is 0 Å². The summed E-state index contributed by atoms with van der Waals surface area (Å²) in [4.78, 5) is 0. The zero-order valence-electron chi connectivity index (χ0n) is 9.91. The van der Waals surface area contributed by atoms with E-state index in [2.05, 4.69) is 21.4 Å². The van der Waals surface area contributed by atoms with Gasteiger partial charge in [0.05, 0.1) is 6.04 Å². The van der Waals surface area contributed by atoms with Gasteiger partial charge in [0.15, 0.2) is 0 Å². The van der Waals surface area contributed by atoms with Gasteiger partial charge in [-0.25, -0.2) is 9.82 Å². The topological polar surface area (TPSA) is 51.2 Å². The van der Waals surface area contributed by atoms with E-state index < -0.39 is 0 Å². The Morgan fingerprint density at radius 1 is 1.39 bits per heavy atom. The minimum atomic E-state index is -0.257. The summed E-state index contributed by atoms with van der Waals surface area (Å²) in [6.45, 7) is 1.86. The standard InChI is InChI=1S/C13H14BrFN2O/c1-8-2-5-13(18-8)12(17-16)6-9-3-4-10(14)7-11(9)15/h2-5,7,12,17H,6,16H2,1H3. The van der Waals surface area contributed by atoms with Gasteiger partial charge in [-0.3, -0.25) is 5.84 Å². The van der Waals surface area contributed by atoms with Crippen LogP contribution in [0.5, 0.6) is 0 Å². The van der Waals surface area contributed by atoms with Crippen LogP contribution in [0.4, 0.5) is 4.39 Å². The van der Waals surface area contributed by atoms with Gasteiger partial charge in [0.2, 0.25) is 0 Å². The SMILES string of the molecule is Cc1ccc(C(Cc2ccc(Br)cc2F)NN)o1. The molecule has 0 aliphatic rings. The lowest BCUT2D eigenvalue weighted by Crippen LogP contribution is -2.29. The Morgan fingerprint density at radius 2 is 2.17 bits per heavy atom. The molecule has 0 saturated carbocycles. The lowest BCUT2D eigenvalue weighted by molar-refractivity contribution is 0.400. The lowest BCUT2D eigenvalue weighted by atomic mass is 10.0. The van der Waals surface area contributed by atoms with Crippen molar-refractivity contribution in [3.05, 3.63) is 57.7 Å². The molecular weight excluding hydrogens is 299 g/mol. The molecule has 96 valence electrons. The molecule has 1 unspecified atom stereocenters. The first kappa shape index (κ1) is 13.3. The summed E-state index contributed by atoms with van der Waals surface area (Å²) in [5.41, 5.74) is 3.24. The average molecular weight is 313 g/mol. The van der Waals surface area contributed by atoms with Crippen LogP contribution in [0.1, 0.15) is 23.1 Å². The van der Waals surface area contributed by atoms with E-state index >= 15 is 0 Å². The fraction of sp³-hybridized carbons (Fsp3) is 0.231. The number of benzene rings is 1. The van der Waals surface area contributed by atoms with Crippen LogP contribution in [0.2, 0.25) is 0 Å². The van der Waals surface area contributed by atoms with Crippen molar-refractivity contribution in [2.24, 2.45) is 5.84 Å². The maximum atomic E-state index is 13.7. The summed E-state index contributed by atoms with van der Waals surface area (Å²) < 4.78 is 20.0. The Hall–Kier alpha value is -1.17. The van der Waals surface area contributed by atoms with Gasteiger partial charge < -0.3 is 4.42 Å². The lowest BCUT2D eigenvalue weighted by Gasteiger charge is -2.14.